The molecule has 2 aliphatic rings. The van der Waals surface area contributed by atoms with Crippen molar-refractivity contribution in [2.24, 2.45) is 0 Å². The molecule has 1 atom stereocenters. The van der Waals surface area contributed by atoms with Crippen molar-refractivity contribution < 1.29 is 14.3 Å². The number of hydrogen-bond donors (Lipinski definition) is 0. The van der Waals surface area contributed by atoms with E-state index in [-0.39, 0.29) is 5.97 Å². The lowest BCUT2D eigenvalue weighted by Crippen LogP contribution is -2.26. The van der Waals surface area contributed by atoms with E-state index in [4.69, 9.17) is 21.1 Å². The molecule has 1 saturated heterocycles. The molecule has 0 N–H and O–H groups in total. The Hall–Kier alpha value is -1.13. The highest BCUT2D eigenvalue weighted by Gasteiger charge is 2.48. The van der Waals surface area contributed by atoms with Gasteiger partial charge in [-0.3, -0.25) is 0 Å². The number of aromatic nitrogens is 1. The van der Waals surface area contributed by atoms with Crippen molar-refractivity contribution in [3.8, 4) is 0 Å². The van der Waals surface area contributed by atoms with E-state index in [1.807, 2.05) is 0 Å². The molecule has 0 saturated carbocycles. The molecule has 15 heavy (non-hydrogen) atoms. The first-order valence-electron chi connectivity index (χ1n) is 4.68. The Morgan fingerprint density at radius 2 is 2.40 bits per heavy atom. The SMILES string of the molecule is O=C1OC2(CCOC2)c2cc(Cl)ncc21. The lowest BCUT2D eigenvalue weighted by Gasteiger charge is -2.20. The predicted octanol–water partition coefficient (Wildman–Crippen LogP) is 1.52. The second kappa shape index (κ2) is 2.93. The molecule has 5 heteroatoms. The predicted molar refractivity (Wildman–Crippen MR) is 51.8 cm³/mol. The molecule has 2 aliphatic heterocycles. The molecule has 1 spiro atoms. The lowest BCUT2D eigenvalue weighted by atomic mass is 9.93. The van der Waals surface area contributed by atoms with Crippen LogP contribution in [0.1, 0.15) is 22.3 Å². The van der Waals surface area contributed by atoms with Gasteiger partial charge in [-0.25, -0.2) is 9.78 Å². The van der Waals surface area contributed by atoms with Crippen molar-refractivity contribution >= 4 is 17.6 Å². The molecular weight excluding hydrogens is 218 g/mol. The van der Waals surface area contributed by atoms with Gasteiger partial charge in [0.05, 0.1) is 18.8 Å². The fraction of sp³-hybridized carbons (Fsp3) is 0.400. The Bertz CT molecular complexity index is 440. The van der Waals surface area contributed by atoms with Crippen LogP contribution < -0.4 is 0 Å². The van der Waals surface area contributed by atoms with Crippen molar-refractivity contribution in [3.05, 3.63) is 28.5 Å². The summed E-state index contributed by atoms with van der Waals surface area (Å²) in [6.07, 6.45) is 2.15. The van der Waals surface area contributed by atoms with E-state index in [1.54, 1.807) is 6.07 Å². The highest BCUT2D eigenvalue weighted by molar-refractivity contribution is 6.29. The zero-order valence-electron chi connectivity index (χ0n) is 7.83. The van der Waals surface area contributed by atoms with Crippen LogP contribution in [0, 0.1) is 0 Å². The number of fused-ring (bicyclic) bond motifs is 2. The minimum absolute atomic E-state index is 0.334. The van der Waals surface area contributed by atoms with Crippen LogP contribution in [-0.2, 0) is 15.1 Å². The van der Waals surface area contributed by atoms with Crippen LogP contribution in [0.4, 0.5) is 0 Å². The third-order valence-electron chi connectivity index (χ3n) is 2.85. The van der Waals surface area contributed by atoms with Gasteiger partial charge in [0.15, 0.2) is 5.60 Å². The van der Waals surface area contributed by atoms with Crippen LogP contribution in [0.25, 0.3) is 0 Å². The second-order valence-electron chi connectivity index (χ2n) is 3.74. The minimum atomic E-state index is -0.612. The molecular formula is C10H8ClNO3. The third-order valence-corrected chi connectivity index (χ3v) is 3.06. The van der Waals surface area contributed by atoms with E-state index in [2.05, 4.69) is 4.98 Å². The summed E-state index contributed by atoms with van der Waals surface area (Å²) in [5.74, 6) is -0.334. The van der Waals surface area contributed by atoms with Crippen LogP contribution >= 0.6 is 11.6 Å². The molecule has 1 fully saturated rings. The summed E-state index contributed by atoms with van der Waals surface area (Å²) in [5.41, 5.74) is 0.703. The average molecular weight is 226 g/mol. The molecule has 4 nitrogen and oxygen atoms in total. The van der Waals surface area contributed by atoms with Gasteiger partial charge < -0.3 is 9.47 Å². The smallest absolute Gasteiger partial charge is 0.341 e. The normalized spacial score (nSPS) is 28.2. The molecule has 1 aromatic heterocycles. The largest absolute Gasteiger partial charge is 0.448 e. The number of rotatable bonds is 0. The van der Waals surface area contributed by atoms with Gasteiger partial charge in [-0.15, -0.1) is 0 Å². The molecule has 0 bridgehead atoms. The van der Waals surface area contributed by atoms with Crippen LogP contribution in [0.3, 0.4) is 0 Å². The number of esters is 1. The lowest BCUT2D eigenvalue weighted by molar-refractivity contribution is -0.0128. The molecule has 1 aromatic rings. The Labute approximate surface area is 91.2 Å². The van der Waals surface area contributed by atoms with Crippen molar-refractivity contribution in [3.63, 3.8) is 0 Å². The molecule has 0 aromatic carbocycles. The van der Waals surface area contributed by atoms with Crippen LogP contribution in [0.15, 0.2) is 12.3 Å². The summed E-state index contributed by atoms with van der Waals surface area (Å²) < 4.78 is 10.7. The van der Waals surface area contributed by atoms with E-state index < -0.39 is 5.60 Å². The third kappa shape index (κ3) is 1.18. The minimum Gasteiger partial charge on any atom is -0.448 e. The van der Waals surface area contributed by atoms with Crippen molar-refractivity contribution in [1.29, 1.82) is 0 Å². The second-order valence-corrected chi connectivity index (χ2v) is 4.13. The van der Waals surface area contributed by atoms with Crippen LogP contribution in [-0.4, -0.2) is 24.2 Å². The average Bonchev–Trinajstić information content (AvgIpc) is 2.76. The number of halogens is 1. The monoisotopic (exact) mass is 225 g/mol. The summed E-state index contributed by atoms with van der Waals surface area (Å²) in [6.45, 7) is 1.01. The summed E-state index contributed by atoms with van der Waals surface area (Å²) in [6, 6.07) is 1.69. The molecule has 0 amide bonds. The Morgan fingerprint density at radius 3 is 3.13 bits per heavy atom. The van der Waals surface area contributed by atoms with Gasteiger partial charge in [-0.2, -0.15) is 0 Å². The van der Waals surface area contributed by atoms with E-state index in [0.717, 1.165) is 5.56 Å². The Balaban J connectivity index is 2.19. The van der Waals surface area contributed by atoms with Gasteiger partial charge in [0, 0.05) is 18.2 Å². The quantitative estimate of drug-likeness (QED) is 0.496. The highest BCUT2D eigenvalue weighted by atomic mass is 35.5. The van der Waals surface area contributed by atoms with Crippen molar-refractivity contribution in [2.45, 2.75) is 12.0 Å². The zero-order chi connectivity index (χ0) is 10.5. The fourth-order valence-electron chi connectivity index (χ4n) is 2.10. The first-order valence-corrected chi connectivity index (χ1v) is 5.06. The number of carbonyl (C=O) groups excluding carboxylic acids is 1. The zero-order valence-corrected chi connectivity index (χ0v) is 8.58. The van der Waals surface area contributed by atoms with E-state index in [9.17, 15) is 4.79 Å². The van der Waals surface area contributed by atoms with Gasteiger partial charge in [0.2, 0.25) is 0 Å². The van der Waals surface area contributed by atoms with E-state index >= 15 is 0 Å². The van der Waals surface area contributed by atoms with Gasteiger partial charge >= 0.3 is 5.97 Å². The molecule has 78 valence electrons. The van der Waals surface area contributed by atoms with Gasteiger partial charge in [0.25, 0.3) is 0 Å². The maximum atomic E-state index is 11.6. The fourth-order valence-corrected chi connectivity index (χ4v) is 2.25. The standard InChI is InChI=1S/C10H8ClNO3/c11-8-3-7-6(4-12-8)9(13)15-10(7)1-2-14-5-10/h3-4H,1-2,5H2. The van der Waals surface area contributed by atoms with Crippen LogP contribution in [0.5, 0.6) is 0 Å². The van der Waals surface area contributed by atoms with E-state index in [0.29, 0.717) is 30.4 Å². The van der Waals surface area contributed by atoms with E-state index in [1.165, 1.54) is 6.20 Å². The first kappa shape index (κ1) is 9.12. The Morgan fingerprint density at radius 1 is 1.53 bits per heavy atom. The molecule has 0 aliphatic carbocycles. The topological polar surface area (TPSA) is 48.4 Å². The number of nitrogens with zero attached hydrogens (tertiary/aromatic N) is 1. The van der Waals surface area contributed by atoms with Crippen molar-refractivity contribution in [2.75, 3.05) is 13.2 Å². The summed E-state index contributed by atoms with van der Waals surface area (Å²) in [4.78, 5) is 15.5. The number of carbonyl (C=O) groups is 1. The summed E-state index contributed by atoms with van der Waals surface area (Å²) in [7, 11) is 0. The molecule has 0 radical (unpaired) electrons. The van der Waals surface area contributed by atoms with Crippen LogP contribution in [0.2, 0.25) is 5.15 Å². The molecule has 1 unspecified atom stereocenters. The van der Waals surface area contributed by atoms with Crippen molar-refractivity contribution in [1.82, 2.24) is 4.98 Å². The maximum absolute atomic E-state index is 11.6. The van der Waals surface area contributed by atoms with Gasteiger partial charge in [-0.05, 0) is 6.07 Å². The van der Waals surface area contributed by atoms with Gasteiger partial charge in [-0.1, -0.05) is 11.6 Å². The number of hydrogen-bond acceptors (Lipinski definition) is 4. The number of pyridine rings is 1. The Kier molecular flexibility index (Phi) is 1.78. The number of ether oxygens (including phenoxy) is 2. The molecule has 3 rings (SSSR count). The highest BCUT2D eigenvalue weighted by Crippen LogP contribution is 2.42. The summed E-state index contributed by atoms with van der Waals surface area (Å²) >= 11 is 5.81. The van der Waals surface area contributed by atoms with Gasteiger partial charge in [0.1, 0.15) is 5.15 Å². The maximum Gasteiger partial charge on any atom is 0.341 e. The first-order chi connectivity index (χ1) is 7.21. The molecule has 3 heterocycles. The summed E-state index contributed by atoms with van der Waals surface area (Å²) in [5, 5.41) is 0.373.